The number of aryl methyl sites for hydroxylation is 2. The van der Waals surface area contributed by atoms with Crippen LogP contribution in [0, 0.1) is 25.8 Å². The minimum absolute atomic E-state index is 0. The van der Waals surface area contributed by atoms with Crippen LogP contribution in [0.3, 0.4) is 0 Å². The zero-order chi connectivity index (χ0) is 43.5. The second kappa shape index (κ2) is 15.6. The van der Waals surface area contributed by atoms with Gasteiger partial charge in [-0.25, -0.2) is 0 Å². The fraction of sp³-hybridized carbons (Fsp3) is 0.154. The van der Waals surface area contributed by atoms with Gasteiger partial charge in [0, 0.05) is 45.6 Å². The number of pyridine rings is 1. The molecule has 3 heterocycles. The van der Waals surface area contributed by atoms with Gasteiger partial charge in [0.15, 0.2) is 0 Å². The first kappa shape index (κ1) is 31.2. The Hall–Kier alpha value is -5.87. The van der Waals surface area contributed by atoms with E-state index >= 15 is 0 Å². The SMILES string of the molecule is CC(C)c1cccc(C(C)C)c1-n1c(-c2[c-]cccc2)nc2ccccc21.[2H]C([2H])([2H])c1cnc(-c2[c-]ccc3c2oc2cc4c(ccc5ccccc54)cc23)cc1C([2H])([2H])[2H].[Ir]. The molecule has 7 aromatic carbocycles. The van der Waals surface area contributed by atoms with Gasteiger partial charge in [0.2, 0.25) is 0 Å². The van der Waals surface area contributed by atoms with E-state index in [1.807, 2.05) is 42.5 Å². The van der Waals surface area contributed by atoms with Crippen molar-refractivity contribution in [2.45, 2.75) is 53.2 Å². The van der Waals surface area contributed by atoms with Gasteiger partial charge in [-0.3, -0.25) is 4.98 Å². The van der Waals surface area contributed by atoms with E-state index < -0.39 is 13.7 Å². The quantitative estimate of drug-likeness (QED) is 0.128. The molecule has 0 saturated heterocycles. The van der Waals surface area contributed by atoms with Crippen molar-refractivity contribution >= 4 is 54.5 Å². The van der Waals surface area contributed by atoms with Gasteiger partial charge in [-0.15, -0.1) is 54.1 Å². The van der Waals surface area contributed by atoms with Gasteiger partial charge in [0.1, 0.15) is 5.58 Å². The van der Waals surface area contributed by atoms with Crippen molar-refractivity contribution in [1.29, 1.82) is 0 Å². The summed E-state index contributed by atoms with van der Waals surface area (Å²) in [6.45, 7) is 3.84. The summed E-state index contributed by atoms with van der Waals surface area (Å²) < 4.78 is 55.4. The van der Waals surface area contributed by atoms with E-state index in [2.05, 4.69) is 128 Å². The smallest absolute Gasteiger partial charge is 0.121 e. The van der Waals surface area contributed by atoms with Crippen LogP contribution in [0.1, 0.15) is 70.0 Å². The summed E-state index contributed by atoms with van der Waals surface area (Å²) in [4.78, 5) is 9.30. The van der Waals surface area contributed by atoms with Crippen LogP contribution in [0.25, 0.3) is 82.8 Å². The van der Waals surface area contributed by atoms with E-state index in [9.17, 15) is 0 Å². The molecule has 0 amide bonds. The number of imidazole rings is 1. The molecule has 0 unspecified atom stereocenters. The Morgan fingerprint density at radius 3 is 2.18 bits per heavy atom. The van der Waals surface area contributed by atoms with Crippen molar-refractivity contribution < 1.29 is 32.7 Å². The summed E-state index contributed by atoms with van der Waals surface area (Å²) in [5, 5.41) is 6.20. The van der Waals surface area contributed by atoms with Gasteiger partial charge in [-0.05, 0) is 93.7 Å². The Morgan fingerprint density at radius 1 is 0.649 bits per heavy atom. The Morgan fingerprint density at radius 2 is 1.40 bits per heavy atom. The molecule has 0 N–H and O–H groups in total. The number of hydrogen-bond acceptors (Lipinski definition) is 3. The molecule has 0 spiro atoms. The van der Waals surface area contributed by atoms with E-state index in [0.717, 1.165) is 60.9 Å². The van der Waals surface area contributed by atoms with Crippen molar-refractivity contribution in [3.8, 4) is 28.3 Å². The van der Waals surface area contributed by atoms with Crippen LogP contribution in [0.5, 0.6) is 0 Å². The monoisotopic (exact) mass is 924 g/mol. The fourth-order valence-electron chi connectivity index (χ4n) is 7.76. The van der Waals surface area contributed by atoms with Crippen LogP contribution in [-0.4, -0.2) is 14.5 Å². The molecule has 0 aliphatic carbocycles. The van der Waals surface area contributed by atoms with E-state index in [1.54, 1.807) is 6.07 Å². The molecule has 10 aromatic rings. The molecular weight excluding hydrogens is 875 g/mol. The number of hydrogen-bond donors (Lipinski definition) is 0. The van der Waals surface area contributed by atoms with Gasteiger partial charge in [-0.2, -0.15) is 0 Å². The molecule has 4 nitrogen and oxygen atoms in total. The first-order valence-electron chi connectivity index (χ1n) is 22.0. The number of benzene rings is 7. The predicted octanol–water partition coefficient (Wildman–Crippen LogP) is 14.1. The molecule has 0 atom stereocenters. The van der Waals surface area contributed by atoms with Gasteiger partial charge in [-0.1, -0.05) is 117 Å². The van der Waals surface area contributed by atoms with Gasteiger partial charge >= 0.3 is 0 Å². The molecule has 0 saturated carbocycles. The first-order chi connectivity index (χ1) is 29.7. The number of rotatable bonds is 5. The molecule has 0 fully saturated rings. The van der Waals surface area contributed by atoms with E-state index in [4.69, 9.17) is 17.6 Å². The topological polar surface area (TPSA) is 43.9 Å². The summed E-state index contributed by atoms with van der Waals surface area (Å²) >= 11 is 0. The number of furan rings is 1. The van der Waals surface area contributed by atoms with Crippen LogP contribution in [-0.2, 0) is 20.1 Å². The van der Waals surface area contributed by atoms with Gasteiger partial charge in [0.25, 0.3) is 0 Å². The van der Waals surface area contributed by atoms with Gasteiger partial charge in [0.05, 0.1) is 22.4 Å². The summed E-state index contributed by atoms with van der Waals surface area (Å²) in [6.07, 6.45) is 1.12. The largest absolute Gasteiger partial charge is 0.501 e. The van der Waals surface area contributed by atoms with Gasteiger partial charge < -0.3 is 14.0 Å². The predicted molar refractivity (Wildman–Crippen MR) is 234 cm³/mol. The third-order valence-electron chi connectivity index (χ3n) is 10.5. The molecule has 283 valence electrons. The van der Waals surface area contributed by atoms with Crippen molar-refractivity contribution in [2.24, 2.45) is 0 Å². The minimum atomic E-state index is -2.61. The van der Waals surface area contributed by atoms with E-state index in [-0.39, 0.29) is 31.2 Å². The molecule has 0 aliphatic heterocycles. The van der Waals surface area contributed by atoms with Crippen LogP contribution in [0.4, 0.5) is 0 Å². The summed E-state index contributed by atoms with van der Waals surface area (Å²) in [6, 6.07) is 51.1. The molecule has 57 heavy (non-hydrogen) atoms. The van der Waals surface area contributed by atoms with Crippen LogP contribution in [0.2, 0.25) is 0 Å². The second-order valence-corrected chi connectivity index (χ2v) is 14.8. The Labute approximate surface area is 356 Å². The third-order valence-corrected chi connectivity index (χ3v) is 10.5. The summed E-state index contributed by atoms with van der Waals surface area (Å²) in [7, 11) is 0. The normalized spacial score (nSPS) is 13.5. The molecule has 0 aliphatic rings. The van der Waals surface area contributed by atoms with Crippen LogP contribution in [0.15, 0.2) is 144 Å². The summed E-state index contributed by atoms with van der Waals surface area (Å²) in [5.41, 5.74) is 8.59. The first-order valence-corrected chi connectivity index (χ1v) is 19.0. The number of aromatic nitrogens is 3. The Bertz CT molecular complexity index is 3270. The third kappa shape index (κ3) is 6.86. The average molecular weight is 924 g/mol. The maximum absolute atomic E-state index is 7.87. The van der Waals surface area contributed by atoms with Crippen molar-refractivity contribution in [3.05, 3.63) is 174 Å². The van der Waals surface area contributed by atoms with Crippen molar-refractivity contribution in [1.82, 2.24) is 14.5 Å². The fourth-order valence-corrected chi connectivity index (χ4v) is 7.76. The minimum Gasteiger partial charge on any atom is -0.501 e. The van der Waals surface area contributed by atoms with Crippen LogP contribution >= 0.6 is 0 Å². The van der Waals surface area contributed by atoms with E-state index in [0.29, 0.717) is 34.3 Å². The van der Waals surface area contributed by atoms with E-state index in [1.165, 1.54) is 22.9 Å². The Balaban J connectivity index is 0.000000176. The zero-order valence-corrected chi connectivity index (χ0v) is 34.4. The molecule has 3 aromatic heterocycles. The van der Waals surface area contributed by atoms with Crippen molar-refractivity contribution in [3.63, 3.8) is 0 Å². The standard InChI is InChI=1S/C27H18NO.C25H25N2.Ir/c1-16-12-25(28-15-17(16)2)22-9-5-8-21-24-13-19-11-10-18-6-3-4-7-20(18)23(19)14-26(24)29-27(21)22;1-17(2)20-13-10-14-21(18(3)4)24(20)27-23-16-9-8-15-22(23)26-25(27)19-11-6-5-7-12-19;/h3-8,10-15H,1-2H3;5-11,13-18H,1-4H3;/q2*-1;/i1D3,2D3;;. The number of fused-ring (bicyclic) bond motifs is 7. The second-order valence-electron chi connectivity index (χ2n) is 14.8. The maximum Gasteiger partial charge on any atom is 0.121 e. The molecule has 1 radical (unpaired) electrons. The van der Waals surface area contributed by atoms with Crippen LogP contribution < -0.4 is 0 Å². The molecule has 0 bridgehead atoms. The molecule has 10 rings (SSSR count). The zero-order valence-electron chi connectivity index (χ0n) is 38.0. The van der Waals surface area contributed by atoms with Crippen molar-refractivity contribution in [2.75, 3.05) is 0 Å². The average Bonchev–Trinajstić information content (AvgIpc) is 3.83. The maximum atomic E-state index is 7.87. The number of nitrogens with zero attached hydrogens (tertiary/aromatic N) is 3. The number of para-hydroxylation sites is 3. The molecular formula is C52H43IrN3O-2. The summed E-state index contributed by atoms with van der Waals surface area (Å²) in [5.74, 6) is 1.80. The molecule has 5 heteroatoms. The Kier molecular flexibility index (Phi) is 8.54.